The van der Waals surface area contributed by atoms with Crippen LogP contribution in [0.25, 0.3) is 10.4 Å². The zero-order valence-electron chi connectivity index (χ0n) is 19.6. The molecule has 10 heteroatoms. The first-order chi connectivity index (χ1) is 17.0. The van der Waals surface area contributed by atoms with Gasteiger partial charge in [0, 0.05) is 17.0 Å². The number of ketones is 1. The van der Waals surface area contributed by atoms with Gasteiger partial charge in [-0.25, -0.2) is 0 Å². The van der Waals surface area contributed by atoms with Gasteiger partial charge < -0.3 is 15.0 Å². The van der Waals surface area contributed by atoms with E-state index in [0.717, 1.165) is 54.7 Å². The maximum atomic E-state index is 13.8. The zero-order valence-corrected chi connectivity index (χ0v) is 21.2. The number of carbonyl (C=O) groups excluding carboxylic acids is 3. The predicted octanol–water partition coefficient (Wildman–Crippen LogP) is 3.23. The number of rotatable bonds is 6. The number of aromatic nitrogens is 2. The number of carbonyl (C=O) groups is 3. The lowest BCUT2D eigenvalue weighted by molar-refractivity contribution is -0.139. The van der Waals surface area contributed by atoms with E-state index in [4.69, 9.17) is 16.3 Å². The fourth-order valence-corrected chi connectivity index (χ4v) is 6.65. The molecule has 0 bridgehead atoms. The largest absolute Gasteiger partial charge is 0.366 e. The monoisotopic (exact) mass is 516 g/mol. The summed E-state index contributed by atoms with van der Waals surface area (Å²) in [6.45, 7) is 2.24. The van der Waals surface area contributed by atoms with E-state index in [1.807, 2.05) is 19.1 Å². The van der Waals surface area contributed by atoms with E-state index < -0.39 is 23.6 Å². The van der Waals surface area contributed by atoms with Gasteiger partial charge in [0.1, 0.15) is 24.8 Å². The van der Waals surface area contributed by atoms with E-state index in [1.165, 1.54) is 11.3 Å². The van der Waals surface area contributed by atoms with Crippen molar-refractivity contribution in [2.75, 3.05) is 13.2 Å². The highest BCUT2D eigenvalue weighted by atomic mass is 35.5. The van der Waals surface area contributed by atoms with Crippen LogP contribution in [0, 0.1) is 5.92 Å². The second kappa shape index (κ2) is 10.3. The Kier molecular flexibility index (Phi) is 7.18. The molecule has 2 aliphatic heterocycles. The Bertz CT molecular complexity index is 1120. The van der Waals surface area contributed by atoms with Crippen molar-refractivity contribution in [2.45, 2.75) is 69.0 Å². The minimum Gasteiger partial charge on any atom is -0.366 e. The lowest BCUT2D eigenvalue weighted by Crippen LogP contribution is -2.55. The molecule has 1 unspecified atom stereocenters. The Hall–Kier alpha value is -2.36. The van der Waals surface area contributed by atoms with E-state index in [1.54, 1.807) is 17.2 Å². The lowest BCUT2D eigenvalue weighted by atomic mass is 9.83. The summed E-state index contributed by atoms with van der Waals surface area (Å²) in [4.78, 5) is 42.6. The quantitative estimate of drug-likeness (QED) is 0.591. The maximum absolute atomic E-state index is 13.8. The number of amides is 2. The van der Waals surface area contributed by atoms with Crippen LogP contribution in [0.3, 0.4) is 0 Å². The molecule has 35 heavy (non-hydrogen) atoms. The number of nitrogens with zero attached hydrogens (tertiary/aromatic N) is 3. The molecular formula is C25H29ClN4O4S. The molecular weight excluding hydrogens is 488 g/mol. The molecule has 8 nitrogen and oxygen atoms in total. The normalized spacial score (nSPS) is 25.5. The summed E-state index contributed by atoms with van der Waals surface area (Å²) in [7, 11) is 0. The van der Waals surface area contributed by atoms with Gasteiger partial charge in [0.15, 0.2) is 5.78 Å². The summed E-state index contributed by atoms with van der Waals surface area (Å²) >= 11 is 7.79. The minimum atomic E-state index is -0.696. The molecule has 1 aliphatic carbocycles. The van der Waals surface area contributed by atoms with E-state index in [2.05, 4.69) is 15.5 Å². The van der Waals surface area contributed by atoms with Gasteiger partial charge in [-0.05, 0) is 43.4 Å². The fourth-order valence-electron chi connectivity index (χ4n) is 5.40. The Balaban J connectivity index is 1.36. The molecule has 4 atom stereocenters. The Morgan fingerprint density at radius 3 is 2.86 bits per heavy atom. The lowest BCUT2D eigenvalue weighted by Gasteiger charge is -2.34. The Labute approximate surface area is 213 Å². The highest BCUT2D eigenvalue weighted by Crippen LogP contribution is 2.34. The summed E-state index contributed by atoms with van der Waals surface area (Å²) in [5.41, 5.74) is 1.80. The maximum Gasteiger partial charge on any atom is 0.262 e. The van der Waals surface area contributed by atoms with Crippen molar-refractivity contribution in [3.63, 3.8) is 0 Å². The van der Waals surface area contributed by atoms with Crippen molar-refractivity contribution in [3.8, 4) is 10.4 Å². The first kappa shape index (κ1) is 24.3. The molecule has 3 fully saturated rings. The molecule has 5 rings (SSSR count). The van der Waals surface area contributed by atoms with Crippen LogP contribution < -0.4 is 5.32 Å². The molecule has 1 N–H and O–H groups in total. The van der Waals surface area contributed by atoms with Crippen LogP contribution in [0.2, 0.25) is 0 Å². The molecule has 2 aromatic heterocycles. The van der Waals surface area contributed by atoms with Gasteiger partial charge in [-0.1, -0.05) is 26.2 Å². The van der Waals surface area contributed by atoms with Crippen LogP contribution in [0.5, 0.6) is 0 Å². The van der Waals surface area contributed by atoms with Gasteiger partial charge >= 0.3 is 0 Å². The van der Waals surface area contributed by atoms with E-state index in [9.17, 15) is 14.4 Å². The molecule has 0 spiro atoms. The van der Waals surface area contributed by atoms with Crippen LogP contribution in [0.15, 0.2) is 24.4 Å². The Morgan fingerprint density at radius 2 is 2.09 bits per heavy atom. The smallest absolute Gasteiger partial charge is 0.262 e. The zero-order chi connectivity index (χ0) is 24.5. The van der Waals surface area contributed by atoms with Crippen LogP contribution in [-0.4, -0.2) is 69.4 Å². The molecule has 2 saturated heterocycles. The molecule has 3 aliphatic rings. The number of alkyl halides is 1. The van der Waals surface area contributed by atoms with Gasteiger partial charge in [0.2, 0.25) is 5.91 Å². The predicted molar refractivity (Wildman–Crippen MR) is 132 cm³/mol. The highest BCUT2D eigenvalue weighted by Gasteiger charge is 2.53. The summed E-state index contributed by atoms with van der Waals surface area (Å²) < 4.78 is 5.55. The number of hydrogen-bond donors (Lipinski definition) is 1. The van der Waals surface area contributed by atoms with Crippen molar-refractivity contribution in [1.82, 2.24) is 20.4 Å². The number of nitrogens with one attached hydrogen (secondary N) is 1. The summed E-state index contributed by atoms with van der Waals surface area (Å²) in [5, 5.41) is 10.8. The van der Waals surface area contributed by atoms with E-state index in [0.29, 0.717) is 4.88 Å². The van der Waals surface area contributed by atoms with Gasteiger partial charge in [0.25, 0.3) is 5.91 Å². The minimum absolute atomic E-state index is 0.0234. The number of ether oxygens (including phenoxy) is 1. The molecule has 186 valence electrons. The van der Waals surface area contributed by atoms with Crippen molar-refractivity contribution < 1.29 is 19.1 Å². The SMILES string of the molecule is CCc1cc(-c2ccc(C(=O)NC(C(=O)N3C[C@H](Cl)[C@H]4OCC(=O)[C@H]43)C3CCCCC3)s2)cnn1. The molecule has 1 saturated carbocycles. The fraction of sp³-hybridized carbons (Fsp3) is 0.560. The van der Waals surface area contributed by atoms with Crippen molar-refractivity contribution in [1.29, 1.82) is 0 Å². The molecule has 0 radical (unpaired) electrons. The van der Waals surface area contributed by atoms with Crippen LogP contribution >= 0.6 is 22.9 Å². The van der Waals surface area contributed by atoms with Crippen molar-refractivity contribution in [3.05, 3.63) is 35.0 Å². The van der Waals surface area contributed by atoms with E-state index >= 15 is 0 Å². The standard InChI is InChI=1S/C25H29ClN4O4S/c1-2-16-10-15(11-27-29-16)19-8-9-20(35-19)24(32)28-21(14-6-4-3-5-7-14)25(33)30-12-17(26)23-22(30)18(31)13-34-23/h8-11,14,17,21-23H,2-7,12-13H2,1H3,(H,28,32)/t17-,21?,22+,23+/m0/s1. The second-order valence-corrected chi connectivity index (χ2v) is 11.1. The van der Waals surface area contributed by atoms with Crippen LogP contribution in [-0.2, 0) is 20.7 Å². The van der Waals surface area contributed by atoms with Gasteiger partial charge in [-0.3, -0.25) is 14.4 Å². The number of aryl methyl sites for hydroxylation is 1. The number of halogens is 1. The van der Waals surface area contributed by atoms with Crippen LogP contribution in [0.1, 0.15) is 54.4 Å². The van der Waals surface area contributed by atoms with E-state index in [-0.39, 0.29) is 36.7 Å². The first-order valence-corrected chi connectivity index (χ1v) is 13.5. The highest BCUT2D eigenvalue weighted by molar-refractivity contribution is 7.17. The van der Waals surface area contributed by atoms with Gasteiger partial charge in [0.05, 0.1) is 22.1 Å². The molecule has 4 heterocycles. The third-order valence-corrected chi connectivity index (χ3v) is 8.78. The number of likely N-dealkylation sites (tertiary alicyclic amines) is 1. The third kappa shape index (κ3) is 4.86. The second-order valence-electron chi connectivity index (χ2n) is 9.50. The number of fused-ring (bicyclic) bond motifs is 1. The third-order valence-electron chi connectivity index (χ3n) is 7.26. The number of thiophene rings is 1. The molecule has 2 aromatic rings. The van der Waals surface area contributed by atoms with Gasteiger partial charge in [-0.2, -0.15) is 10.2 Å². The average molecular weight is 517 g/mol. The summed E-state index contributed by atoms with van der Waals surface area (Å²) in [6.07, 6.45) is 6.90. The summed E-state index contributed by atoms with van der Waals surface area (Å²) in [6, 6.07) is 4.29. The average Bonchev–Trinajstić information content (AvgIpc) is 3.61. The topological polar surface area (TPSA) is 101 Å². The van der Waals surface area contributed by atoms with Gasteiger partial charge in [-0.15, -0.1) is 22.9 Å². The summed E-state index contributed by atoms with van der Waals surface area (Å²) in [5.74, 6) is -0.609. The molecule has 2 amide bonds. The van der Waals surface area contributed by atoms with Crippen LogP contribution in [0.4, 0.5) is 0 Å². The van der Waals surface area contributed by atoms with Crippen molar-refractivity contribution >= 4 is 40.5 Å². The molecule has 0 aromatic carbocycles. The first-order valence-electron chi connectivity index (χ1n) is 12.3. The Morgan fingerprint density at radius 1 is 1.29 bits per heavy atom. The van der Waals surface area contributed by atoms with Crippen molar-refractivity contribution in [2.24, 2.45) is 5.92 Å². The number of Topliss-reactive ketones (excluding diaryl/α,β-unsaturated/α-hetero) is 1. The number of hydrogen-bond acceptors (Lipinski definition) is 7.